The van der Waals surface area contributed by atoms with Crippen LogP contribution in [-0.4, -0.2) is 26.4 Å². The lowest BCUT2D eigenvalue weighted by Crippen LogP contribution is -2.16. The molecule has 0 aliphatic heterocycles. The summed E-state index contributed by atoms with van der Waals surface area (Å²) >= 11 is 4.23. The van der Waals surface area contributed by atoms with Crippen molar-refractivity contribution in [3.05, 3.63) is 63.9 Å². The van der Waals surface area contributed by atoms with E-state index in [1.807, 2.05) is 35.8 Å². The van der Waals surface area contributed by atoms with Crippen molar-refractivity contribution < 1.29 is 18.3 Å². The average molecular weight is 525 g/mol. The molecule has 0 aliphatic rings. The molecule has 1 aromatic heterocycles. The molecule has 1 N–H and O–H groups in total. The van der Waals surface area contributed by atoms with E-state index in [9.17, 15) is 13.6 Å². The minimum atomic E-state index is -0.854. The molecule has 0 saturated heterocycles. The highest BCUT2D eigenvalue weighted by Crippen LogP contribution is 2.27. The van der Waals surface area contributed by atoms with Crippen molar-refractivity contribution >= 4 is 39.3 Å². The van der Waals surface area contributed by atoms with Crippen molar-refractivity contribution in [2.75, 3.05) is 11.1 Å². The Bertz CT molecular complexity index is 1070. The average Bonchev–Trinajstić information content (AvgIpc) is 3.15. The molecule has 0 spiro atoms. The number of halogens is 3. The van der Waals surface area contributed by atoms with E-state index < -0.39 is 17.5 Å². The fraction of sp³-hybridized carbons (Fsp3) is 0.318. The summed E-state index contributed by atoms with van der Waals surface area (Å²) in [6.07, 6.45) is 0. The van der Waals surface area contributed by atoms with Crippen molar-refractivity contribution in [1.82, 2.24) is 14.8 Å². The van der Waals surface area contributed by atoms with E-state index in [4.69, 9.17) is 4.74 Å². The van der Waals surface area contributed by atoms with Crippen LogP contribution in [-0.2, 0) is 17.9 Å². The van der Waals surface area contributed by atoms with Crippen molar-refractivity contribution in [2.45, 2.75) is 45.0 Å². The summed E-state index contributed by atoms with van der Waals surface area (Å²) in [4.78, 5) is 12.3. The highest BCUT2D eigenvalue weighted by molar-refractivity contribution is 9.10. The predicted molar refractivity (Wildman–Crippen MR) is 124 cm³/mol. The van der Waals surface area contributed by atoms with Gasteiger partial charge in [-0.15, -0.1) is 10.2 Å². The number of rotatable bonds is 9. The first-order valence-corrected chi connectivity index (χ1v) is 11.8. The van der Waals surface area contributed by atoms with Gasteiger partial charge in [-0.3, -0.25) is 4.79 Å². The van der Waals surface area contributed by atoms with Gasteiger partial charge in [0.25, 0.3) is 0 Å². The first kappa shape index (κ1) is 24.2. The molecule has 1 heterocycles. The molecule has 6 nitrogen and oxygen atoms in total. The zero-order valence-corrected chi connectivity index (χ0v) is 20.3. The fourth-order valence-electron chi connectivity index (χ4n) is 2.91. The molecule has 0 aliphatic carbocycles. The van der Waals surface area contributed by atoms with Crippen LogP contribution in [0.4, 0.5) is 14.5 Å². The molecule has 2 aromatic carbocycles. The summed E-state index contributed by atoms with van der Waals surface area (Å²) < 4.78 is 34.9. The molecule has 170 valence electrons. The number of ether oxygens (including phenoxy) is 1. The molecule has 0 saturated carbocycles. The van der Waals surface area contributed by atoms with Crippen LogP contribution in [0.1, 0.15) is 38.1 Å². The monoisotopic (exact) mass is 524 g/mol. The van der Waals surface area contributed by atoms with Gasteiger partial charge in [-0.1, -0.05) is 37.7 Å². The molecular formula is C22H23BrF2N4O2S. The van der Waals surface area contributed by atoms with Crippen LogP contribution >= 0.6 is 27.7 Å². The van der Waals surface area contributed by atoms with Crippen molar-refractivity contribution in [3.8, 4) is 5.75 Å². The number of carbonyl (C=O) groups is 1. The van der Waals surface area contributed by atoms with Crippen LogP contribution in [0.3, 0.4) is 0 Å². The molecule has 0 fully saturated rings. The number of anilines is 1. The molecule has 0 unspecified atom stereocenters. The standard InChI is InChI=1S/C22H23BrF2N4O2S/c1-4-29-19(11-31-16-7-5-14(6-8-16)13(2)3)27-28-22(29)32-12-20(30)26-21-17(23)9-15(24)10-18(21)25/h5-10,13H,4,11-12H2,1-3H3,(H,26,30). The maximum atomic E-state index is 13.9. The summed E-state index contributed by atoms with van der Waals surface area (Å²) in [5, 5.41) is 11.3. The van der Waals surface area contributed by atoms with Gasteiger partial charge in [0.2, 0.25) is 5.91 Å². The van der Waals surface area contributed by atoms with E-state index >= 15 is 0 Å². The lowest BCUT2D eigenvalue weighted by atomic mass is 10.0. The zero-order valence-electron chi connectivity index (χ0n) is 17.9. The molecule has 1 amide bonds. The first-order valence-electron chi connectivity index (χ1n) is 10.0. The van der Waals surface area contributed by atoms with Crippen LogP contribution in [0.25, 0.3) is 0 Å². The van der Waals surface area contributed by atoms with Gasteiger partial charge in [0.1, 0.15) is 18.2 Å². The number of aromatic nitrogens is 3. The Kier molecular flexibility index (Phi) is 8.25. The first-order chi connectivity index (χ1) is 15.3. The van der Waals surface area contributed by atoms with Crippen molar-refractivity contribution in [3.63, 3.8) is 0 Å². The second kappa shape index (κ2) is 10.9. The largest absolute Gasteiger partial charge is 0.486 e. The van der Waals surface area contributed by atoms with Gasteiger partial charge >= 0.3 is 0 Å². The second-order valence-corrected chi connectivity index (χ2v) is 9.03. The van der Waals surface area contributed by atoms with Gasteiger partial charge in [-0.25, -0.2) is 8.78 Å². The SMILES string of the molecule is CCn1c(COc2ccc(C(C)C)cc2)nnc1SCC(=O)Nc1c(F)cc(F)cc1Br. The van der Waals surface area contributed by atoms with Gasteiger partial charge in [0.05, 0.1) is 11.4 Å². The van der Waals surface area contributed by atoms with E-state index in [0.29, 0.717) is 29.5 Å². The normalized spacial score (nSPS) is 11.1. The van der Waals surface area contributed by atoms with Crippen LogP contribution < -0.4 is 10.1 Å². The minimum Gasteiger partial charge on any atom is -0.486 e. The maximum Gasteiger partial charge on any atom is 0.234 e. The third-order valence-corrected chi connectivity index (χ3v) is 6.22. The fourth-order valence-corrected chi connectivity index (χ4v) is 4.24. The van der Waals surface area contributed by atoms with Crippen molar-refractivity contribution in [2.24, 2.45) is 0 Å². The van der Waals surface area contributed by atoms with Gasteiger partial charge in [0, 0.05) is 17.1 Å². The molecule has 32 heavy (non-hydrogen) atoms. The van der Waals surface area contributed by atoms with E-state index in [-0.39, 0.29) is 22.5 Å². The summed E-state index contributed by atoms with van der Waals surface area (Å²) in [6, 6.07) is 9.72. The number of hydrogen-bond acceptors (Lipinski definition) is 5. The van der Waals surface area contributed by atoms with Gasteiger partial charge in [-0.2, -0.15) is 0 Å². The molecule has 3 aromatic rings. The smallest absolute Gasteiger partial charge is 0.234 e. The lowest BCUT2D eigenvalue weighted by molar-refractivity contribution is -0.113. The Morgan fingerprint density at radius 3 is 2.56 bits per heavy atom. The zero-order chi connectivity index (χ0) is 23.3. The Morgan fingerprint density at radius 2 is 1.94 bits per heavy atom. The van der Waals surface area contributed by atoms with E-state index in [1.54, 1.807) is 0 Å². The number of amides is 1. The quantitative estimate of drug-likeness (QED) is 0.359. The minimum absolute atomic E-state index is 0.0150. The number of hydrogen-bond donors (Lipinski definition) is 1. The van der Waals surface area contributed by atoms with Gasteiger partial charge in [-0.05, 0) is 52.5 Å². The van der Waals surface area contributed by atoms with Gasteiger partial charge in [0.15, 0.2) is 16.8 Å². The van der Waals surface area contributed by atoms with E-state index in [2.05, 4.69) is 45.3 Å². The summed E-state index contributed by atoms with van der Waals surface area (Å²) in [7, 11) is 0. The molecular weight excluding hydrogens is 502 g/mol. The Labute approximate surface area is 197 Å². The van der Waals surface area contributed by atoms with Crippen LogP contribution in [0.5, 0.6) is 5.75 Å². The molecule has 0 atom stereocenters. The molecule has 10 heteroatoms. The van der Waals surface area contributed by atoms with E-state index in [0.717, 1.165) is 11.8 Å². The number of carbonyl (C=O) groups excluding carboxylic acids is 1. The van der Waals surface area contributed by atoms with E-state index in [1.165, 1.54) is 17.3 Å². The lowest BCUT2D eigenvalue weighted by Gasteiger charge is -2.11. The third kappa shape index (κ3) is 6.07. The highest BCUT2D eigenvalue weighted by atomic mass is 79.9. The Balaban J connectivity index is 1.59. The number of benzene rings is 2. The number of nitrogens with one attached hydrogen (secondary N) is 1. The van der Waals surface area contributed by atoms with Crippen LogP contribution in [0, 0.1) is 11.6 Å². The maximum absolute atomic E-state index is 13.9. The van der Waals surface area contributed by atoms with Gasteiger partial charge < -0.3 is 14.6 Å². The summed E-state index contributed by atoms with van der Waals surface area (Å²) in [6.45, 7) is 7.05. The van der Waals surface area contributed by atoms with Crippen molar-refractivity contribution in [1.29, 1.82) is 0 Å². The molecule has 0 bridgehead atoms. The number of nitrogens with zero attached hydrogens (tertiary/aromatic N) is 3. The number of thioether (sulfide) groups is 1. The van der Waals surface area contributed by atoms with Crippen LogP contribution in [0.15, 0.2) is 46.0 Å². The summed E-state index contributed by atoms with van der Waals surface area (Å²) in [5.74, 6) is -0.231. The third-order valence-electron chi connectivity index (χ3n) is 4.63. The summed E-state index contributed by atoms with van der Waals surface area (Å²) in [5.41, 5.74) is 1.13. The Hall–Kier alpha value is -2.46. The highest BCUT2D eigenvalue weighted by Gasteiger charge is 2.16. The second-order valence-electron chi connectivity index (χ2n) is 7.24. The Morgan fingerprint density at radius 1 is 1.22 bits per heavy atom. The predicted octanol–water partition coefficient (Wildman–Crippen LogP) is 5.77. The molecule has 0 radical (unpaired) electrons. The van der Waals surface area contributed by atoms with Crippen LogP contribution in [0.2, 0.25) is 0 Å². The molecule has 3 rings (SSSR count). The topological polar surface area (TPSA) is 69.0 Å².